The van der Waals surface area contributed by atoms with Gasteiger partial charge in [-0.25, -0.2) is 4.98 Å². The van der Waals surface area contributed by atoms with Gasteiger partial charge in [-0.15, -0.1) is 0 Å². The fourth-order valence-corrected chi connectivity index (χ4v) is 2.86. The number of ether oxygens (including phenoxy) is 2. The van der Waals surface area contributed by atoms with Crippen LogP contribution in [0.25, 0.3) is 10.9 Å². The maximum absolute atomic E-state index is 9.31. The number of methoxy groups -OCH3 is 1. The Balaban J connectivity index is 1.88. The summed E-state index contributed by atoms with van der Waals surface area (Å²) in [6, 6.07) is 10.5. The Kier molecular flexibility index (Phi) is 4.57. The first-order chi connectivity index (χ1) is 10.7. The molecule has 0 spiro atoms. The van der Waals surface area contributed by atoms with E-state index in [2.05, 4.69) is 28.9 Å². The second kappa shape index (κ2) is 6.60. The maximum atomic E-state index is 9.31. The summed E-state index contributed by atoms with van der Waals surface area (Å²) in [5.74, 6) is 0.665. The minimum absolute atomic E-state index is 0.0519. The Bertz CT molecular complexity index is 647. The van der Waals surface area contributed by atoms with Crippen molar-refractivity contribution in [3.05, 3.63) is 35.9 Å². The molecule has 1 aromatic carbocycles. The predicted molar refractivity (Wildman–Crippen MR) is 85.0 cm³/mol. The molecule has 2 heterocycles. The van der Waals surface area contributed by atoms with Crippen molar-refractivity contribution in [3.63, 3.8) is 0 Å². The van der Waals surface area contributed by atoms with Crippen LogP contribution in [0.5, 0.6) is 5.88 Å². The Morgan fingerprint density at radius 3 is 3.00 bits per heavy atom. The zero-order valence-electron chi connectivity index (χ0n) is 13.0. The number of nitrogens with zero attached hydrogens (tertiary/aromatic N) is 2. The lowest BCUT2D eigenvalue weighted by molar-refractivity contribution is -0.0807. The van der Waals surface area contributed by atoms with Crippen molar-refractivity contribution in [2.24, 2.45) is 0 Å². The van der Waals surface area contributed by atoms with Crippen molar-refractivity contribution in [1.29, 1.82) is 0 Å². The second-order valence-electron chi connectivity index (χ2n) is 5.77. The molecule has 0 saturated carbocycles. The lowest BCUT2D eigenvalue weighted by Crippen LogP contribution is -2.48. The van der Waals surface area contributed by atoms with Crippen molar-refractivity contribution in [1.82, 2.24) is 9.88 Å². The summed E-state index contributed by atoms with van der Waals surface area (Å²) in [4.78, 5) is 6.90. The van der Waals surface area contributed by atoms with Crippen molar-refractivity contribution in [3.8, 4) is 5.88 Å². The highest BCUT2D eigenvalue weighted by molar-refractivity contribution is 5.80. The minimum Gasteiger partial charge on any atom is -0.481 e. The van der Waals surface area contributed by atoms with Gasteiger partial charge in [0, 0.05) is 30.1 Å². The van der Waals surface area contributed by atoms with Crippen molar-refractivity contribution in [2.45, 2.75) is 25.6 Å². The number of rotatable bonds is 4. The number of benzene rings is 1. The van der Waals surface area contributed by atoms with E-state index in [-0.39, 0.29) is 12.7 Å². The molecule has 118 valence electrons. The van der Waals surface area contributed by atoms with Crippen molar-refractivity contribution in [2.75, 3.05) is 26.9 Å². The summed E-state index contributed by atoms with van der Waals surface area (Å²) < 4.78 is 11.1. The van der Waals surface area contributed by atoms with Crippen molar-refractivity contribution >= 4 is 10.9 Å². The number of hydrogen-bond acceptors (Lipinski definition) is 5. The summed E-state index contributed by atoms with van der Waals surface area (Å²) in [7, 11) is 1.65. The van der Waals surface area contributed by atoms with Crippen LogP contribution in [0.3, 0.4) is 0 Å². The Morgan fingerprint density at radius 1 is 1.41 bits per heavy atom. The molecule has 5 nitrogen and oxygen atoms in total. The van der Waals surface area contributed by atoms with Gasteiger partial charge in [0.1, 0.15) is 0 Å². The zero-order valence-corrected chi connectivity index (χ0v) is 13.0. The minimum atomic E-state index is -0.115. The van der Waals surface area contributed by atoms with Gasteiger partial charge in [0.2, 0.25) is 5.88 Å². The number of fused-ring (bicyclic) bond motifs is 1. The van der Waals surface area contributed by atoms with E-state index in [9.17, 15) is 5.11 Å². The molecule has 22 heavy (non-hydrogen) atoms. The summed E-state index contributed by atoms with van der Waals surface area (Å²) in [5, 5.41) is 10.4. The molecule has 1 aliphatic rings. The van der Waals surface area contributed by atoms with Gasteiger partial charge >= 0.3 is 0 Å². The van der Waals surface area contributed by atoms with Gasteiger partial charge < -0.3 is 14.6 Å². The number of aliphatic hydroxyl groups excluding tert-OH is 1. The first-order valence-corrected chi connectivity index (χ1v) is 7.60. The molecule has 0 aliphatic carbocycles. The molecule has 2 atom stereocenters. The van der Waals surface area contributed by atoms with E-state index in [0.717, 1.165) is 23.0 Å². The van der Waals surface area contributed by atoms with Gasteiger partial charge in [0.05, 0.1) is 31.9 Å². The van der Waals surface area contributed by atoms with Gasteiger partial charge in [-0.05, 0) is 19.1 Å². The summed E-state index contributed by atoms with van der Waals surface area (Å²) in [6.45, 7) is 4.27. The highest BCUT2D eigenvalue weighted by atomic mass is 16.5. The zero-order chi connectivity index (χ0) is 15.5. The monoisotopic (exact) mass is 302 g/mol. The number of hydrogen-bond donors (Lipinski definition) is 1. The first-order valence-electron chi connectivity index (χ1n) is 7.60. The molecule has 0 radical (unpaired) electrons. The molecule has 2 unspecified atom stereocenters. The lowest BCUT2D eigenvalue weighted by atomic mass is 10.1. The number of pyridine rings is 1. The van der Waals surface area contributed by atoms with E-state index in [1.54, 1.807) is 7.11 Å². The normalized spacial score (nSPS) is 22.9. The Hall–Kier alpha value is -1.69. The summed E-state index contributed by atoms with van der Waals surface area (Å²) in [6.07, 6.45) is -0.115. The molecule has 0 amide bonds. The quantitative estimate of drug-likeness (QED) is 0.934. The van der Waals surface area contributed by atoms with Gasteiger partial charge in [0.25, 0.3) is 0 Å². The third-order valence-electron chi connectivity index (χ3n) is 4.17. The molecule has 1 saturated heterocycles. The largest absolute Gasteiger partial charge is 0.481 e. The smallest absolute Gasteiger partial charge is 0.218 e. The van der Waals surface area contributed by atoms with Crippen LogP contribution < -0.4 is 4.74 Å². The number of aliphatic hydroxyl groups is 1. The van der Waals surface area contributed by atoms with E-state index in [1.807, 2.05) is 18.2 Å². The second-order valence-corrected chi connectivity index (χ2v) is 5.77. The van der Waals surface area contributed by atoms with Crippen LogP contribution in [0.2, 0.25) is 0 Å². The first kappa shape index (κ1) is 15.2. The molecule has 1 aromatic heterocycles. The molecule has 5 heteroatoms. The van der Waals surface area contributed by atoms with Crippen LogP contribution in [-0.4, -0.2) is 54.0 Å². The van der Waals surface area contributed by atoms with Crippen LogP contribution in [0.15, 0.2) is 30.3 Å². The molecular formula is C17H22N2O3. The number of aromatic nitrogens is 1. The maximum Gasteiger partial charge on any atom is 0.218 e. The summed E-state index contributed by atoms with van der Waals surface area (Å²) >= 11 is 0. The van der Waals surface area contributed by atoms with E-state index in [4.69, 9.17) is 9.47 Å². The SMILES string of the molecule is COc1nc2ccccc2cc1CN1CC(CO)OCC1C. The molecule has 0 bridgehead atoms. The molecule has 2 aromatic rings. The molecule has 1 N–H and O–H groups in total. The van der Waals surface area contributed by atoms with Gasteiger partial charge in [0.15, 0.2) is 0 Å². The van der Waals surface area contributed by atoms with E-state index in [1.165, 1.54) is 0 Å². The highest BCUT2D eigenvalue weighted by Gasteiger charge is 2.26. The Labute approximate surface area is 130 Å². The van der Waals surface area contributed by atoms with Crippen LogP contribution in [0, 0.1) is 0 Å². The molecule has 1 aliphatic heterocycles. The number of para-hydroxylation sites is 1. The standard InChI is InChI=1S/C17H22N2O3/c1-12-11-22-15(10-20)9-19(12)8-14-7-13-5-3-4-6-16(13)18-17(14)21-2/h3-7,12,15,20H,8-11H2,1-2H3. The molecular weight excluding hydrogens is 280 g/mol. The fourth-order valence-electron chi connectivity index (χ4n) is 2.86. The average molecular weight is 302 g/mol. The van der Waals surface area contributed by atoms with Gasteiger partial charge in [-0.2, -0.15) is 0 Å². The van der Waals surface area contributed by atoms with Crippen LogP contribution >= 0.6 is 0 Å². The fraction of sp³-hybridized carbons (Fsp3) is 0.471. The Morgan fingerprint density at radius 2 is 2.23 bits per heavy atom. The van der Waals surface area contributed by atoms with E-state index in [0.29, 0.717) is 25.1 Å². The van der Waals surface area contributed by atoms with Crippen LogP contribution in [-0.2, 0) is 11.3 Å². The predicted octanol–water partition coefficient (Wildman–Crippen LogP) is 1.82. The third kappa shape index (κ3) is 3.06. The third-order valence-corrected chi connectivity index (χ3v) is 4.17. The summed E-state index contributed by atoms with van der Waals surface area (Å²) in [5.41, 5.74) is 2.00. The average Bonchev–Trinajstić information content (AvgIpc) is 2.56. The molecule has 1 fully saturated rings. The van der Waals surface area contributed by atoms with E-state index >= 15 is 0 Å². The lowest BCUT2D eigenvalue weighted by Gasteiger charge is -2.37. The van der Waals surface area contributed by atoms with Crippen LogP contribution in [0.1, 0.15) is 12.5 Å². The topological polar surface area (TPSA) is 54.8 Å². The molecule has 3 rings (SSSR count). The number of morpholine rings is 1. The van der Waals surface area contributed by atoms with Gasteiger partial charge in [-0.1, -0.05) is 18.2 Å². The van der Waals surface area contributed by atoms with Crippen LogP contribution in [0.4, 0.5) is 0 Å². The highest BCUT2D eigenvalue weighted by Crippen LogP contribution is 2.25. The van der Waals surface area contributed by atoms with Crippen molar-refractivity contribution < 1.29 is 14.6 Å². The van der Waals surface area contributed by atoms with E-state index < -0.39 is 0 Å². The van der Waals surface area contributed by atoms with Gasteiger partial charge in [-0.3, -0.25) is 4.90 Å².